The molecule has 0 aliphatic heterocycles. The quantitative estimate of drug-likeness (QED) is 0.335. The highest BCUT2D eigenvalue weighted by atomic mass is 16.7. The van der Waals surface area contributed by atoms with E-state index in [9.17, 15) is 40.5 Å². The van der Waals surface area contributed by atoms with E-state index < -0.39 is 55.7 Å². The van der Waals surface area contributed by atoms with Crippen LogP contribution in [0.5, 0.6) is 0 Å². The molecular weight excluding hydrogens is 352 g/mol. The SMILES string of the molecule is Cc1c([N+](=O)[O-])cc([N+](=O)[O-])cc1[N+](=O)[O-].O=[N+]([O-])C(O)C(O)CO. The zero-order valence-corrected chi connectivity index (χ0v) is 12.4. The van der Waals surface area contributed by atoms with Gasteiger partial charge in [0.15, 0.2) is 6.10 Å². The molecule has 138 valence electrons. The molecule has 0 radical (unpaired) electrons. The van der Waals surface area contributed by atoms with Crippen LogP contribution in [0.4, 0.5) is 17.1 Å². The minimum Gasteiger partial charge on any atom is -0.393 e. The summed E-state index contributed by atoms with van der Waals surface area (Å²) in [6.45, 7) is 0.349. The summed E-state index contributed by atoms with van der Waals surface area (Å²) in [6.07, 6.45) is -3.78. The summed E-state index contributed by atoms with van der Waals surface area (Å²) in [5.41, 5.74) is -2.16. The van der Waals surface area contributed by atoms with Crippen LogP contribution in [0.1, 0.15) is 5.56 Å². The molecule has 0 aromatic heterocycles. The van der Waals surface area contributed by atoms with Crippen LogP contribution in [0.15, 0.2) is 12.1 Å². The molecular formula is C10H12N4O11. The Kier molecular flexibility index (Phi) is 7.91. The standard InChI is InChI=1S/C7H5N3O6.C3H7NO5/c1-4-6(9(13)14)2-5(8(11)12)3-7(4)10(15)16;5-1-2(6)3(7)4(8)9/h2-3H,1H3;2-3,5-7H,1H2. The van der Waals surface area contributed by atoms with Crippen molar-refractivity contribution in [2.24, 2.45) is 0 Å². The van der Waals surface area contributed by atoms with E-state index in [4.69, 9.17) is 15.3 Å². The maximum atomic E-state index is 10.5. The average molecular weight is 364 g/mol. The Balaban J connectivity index is 0.000000547. The second kappa shape index (κ2) is 9.11. The number of aliphatic hydroxyl groups is 3. The normalized spacial score (nSPS) is 12.3. The summed E-state index contributed by atoms with van der Waals surface area (Å²) in [5, 5.41) is 65.8. The molecule has 0 fully saturated rings. The molecule has 0 saturated carbocycles. The van der Waals surface area contributed by atoms with Gasteiger partial charge < -0.3 is 15.3 Å². The molecule has 0 aliphatic rings. The van der Waals surface area contributed by atoms with E-state index in [2.05, 4.69) is 0 Å². The van der Waals surface area contributed by atoms with Crippen LogP contribution in [0, 0.1) is 47.4 Å². The Bertz CT molecular complexity index is 656. The summed E-state index contributed by atoms with van der Waals surface area (Å²) in [6, 6.07) is 1.39. The number of nitro benzene ring substituents is 3. The van der Waals surface area contributed by atoms with Crippen molar-refractivity contribution in [2.75, 3.05) is 6.61 Å². The molecule has 0 aliphatic carbocycles. The third kappa shape index (κ3) is 6.01. The number of aliphatic hydroxyl groups excluding tert-OH is 3. The summed E-state index contributed by atoms with van der Waals surface area (Å²) in [5.74, 6) is 0. The fraction of sp³-hybridized carbons (Fsp3) is 0.400. The Labute approximate surface area is 137 Å². The summed E-state index contributed by atoms with van der Waals surface area (Å²) < 4.78 is 0. The zero-order chi connectivity index (χ0) is 19.9. The van der Waals surface area contributed by atoms with Crippen LogP contribution in [0.2, 0.25) is 0 Å². The Morgan fingerprint density at radius 2 is 1.32 bits per heavy atom. The third-order valence-corrected chi connectivity index (χ3v) is 2.69. The first-order valence-electron chi connectivity index (χ1n) is 6.12. The van der Waals surface area contributed by atoms with Crippen LogP contribution in [-0.2, 0) is 0 Å². The van der Waals surface area contributed by atoms with Gasteiger partial charge in [0.05, 0.1) is 38.4 Å². The molecule has 0 saturated heterocycles. The van der Waals surface area contributed by atoms with Crippen LogP contribution in [-0.4, -0.2) is 54.0 Å². The molecule has 0 heterocycles. The minimum absolute atomic E-state index is 0.208. The van der Waals surface area contributed by atoms with Gasteiger partial charge in [0.25, 0.3) is 17.1 Å². The van der Waals surface area contributed by atoms with Gasteiger partial charge in [-0.3, -0.25) is 40.5 Å². The number of hydrogen-bond acceptors (Lipinski definition) is 11. The van der Waals surface area contributed by atoms with Crippen LogP contribution in [0.25, 0.3) is 0 Å². The lowest BCUT2D eigenvalue weighted by molar-refractivity contribution is -0.583. The van der Waals surface area contributed by atoms with Crippen molar-refractivity contribution in [3.8, 4) is 0 Å². The van der Waals surface area contributed by atoms with E-state index in [1.54, 1.807) is 0 Å². The highest BCUT2D eigenvalue weighted by molar-refractivity contribution is 5.59. The van der Waals surface area contributed by atoms with Gasteiger partial charge in [0.2, 0.25) is 0 Å². The van der Waals surface area contributed by atoms with Crippen LogP contribution < -0.4 is 0 Å². The second-order valence-electron chi connectivity index (χ2n) is 4.33. The van der Waals surface area contributed by atoms with Crippen molar-refractivity contribution in [3.05, 3.63) is 58.2 Å². The molecule has 3 N–H and O–H groups in total. The maximum absolute atomic E-state index is 10.5. The molecule has 2 unspecified atom stereocenters. The lowest BCUT2D eigenvalue weighted by atomic mass is 10.1. The summed E-state index contributed by atoms with van der Waals surface area (Å²) >= 11 is 0. The molecule has 15 nitrogen and oxygen atoms in total. The highest BCUT2D eigenvalue weighted by Crippen LogP contribution is 2.32. The molecule has 2 atom stereocenters. The van der Waals surface area contributed by atoms with Crippen LogP contribution in [0.3, 0.4) is 0 Å². The highest BCUT2D eigenvalue weighted by Gasteiger charge is 2.27. The predicted molar refractivity (Wildman–Crippen MR) is 77.2 cm³/mol. The van der Waals surface area contributed by atoms with Gasteiger partial charge in [-0.15, -0.1) is 0 Å². The van der Waals surface area contributed by atoms with E-state index in [-0.39, 0.29) is 5.56 Å². The summed E-state index contributed by atoms with van der Waals surface area (Å²) in [7, 11) is 0. The van der Waals surface area contributed by atoms with E-state index >= 15 is 0 Å². The van der Waals surface area contributed by atoms with Crippen molar-refractivity contribution in [1.29, 1.82) is 0 Å². The molecule has 1 aromatic carbocycles. The average Bonchev–Trinajstić information content (AvgIpc) is 2.53. The first-order chi connectivity index (χ1) is 11.4. The third-order valence-electron chi connectivity index (χ3n) is 2.69. The lowest BCUT2D eigenvalue weighted by Gasteiger charge is -2.05. The topological polar surface area (TPSA) is 233 Å². The van der Waals surface area contributed by atoms with Crippen molar-refractivity contribution >= 4 is 17.1 Å². The minimum atomic E-state index is -2.09. The number of nitro groups is 4. The van der Waals surface area contributed by atoms with Crippen molar-refractivity contribution < 1.29 is 35.0 Å². The van der Waals surface area contributed by atoms with Crippen molar-refractivity contribution in [3.63, 3.8) is 0 Å². The van der Waals surface area contributed by atoms with E-state index in [0.29, 0.717) is 12.1 Å². The smallest absolute Gasteiger partial charge is 0.341 e. The Morgan fingerprint density at radius 1 is 0.920 bits per heavy atom. The number of non-ortho nitro benzene ring substituents is 1. The lowest BCUT2D eigenvalue weighted by Crippen LogP contribution is -2.35. The predicted octanol–water partition coefficient (Wildman–Crippen LogP) is -0.346. The fourth-order valence-corrected chi connectivity index (χ4v) is 1.39. The molecule has 0 amide bonds. The number of benzene rings is 1. The summed E-state index contributed by atoms with van der Waals surface area (Å²) in [4.78, 5) is 37.3. The Hall–Kier alpha value is -3.30. The van der Waals surface area contributed by atoms with E-state index in [1.807, 2.05) is 0 Å². The largest absolute Gasteiger partial charge is 0.393 e. The molecule has 15 heteroatoms. The first kappa shape index (κ1) is 21.7. The van der Waals surface area contributed by atoms with Gasteiger partial charge in [0, 0.05) is 0 Å². The Morgan fingerprint density at radius 3 is 1.52 bits per heavy atom. The zero-order valence-electron chi connectivity index (χ0n) is 12.4. The number of rotatable bonds is 6. The molecule has 0 spiro atoms. The monoisotopic (exact) mass is 364 g/mol. The molecule has 1 rings (SSSR count). The van der Waals surface area contributed by atoms with Gasteiger partial charge in [-0.1, -0.05) is 0 Å². The van der Waals surface area contributed by atoms with Crippen molar-refractivity contribution in [1.82, 2.24) is 0 Å². The van der Waals surface area contributed by atoms with Gasteiger partial charge in [-0.05, 0) is 6.92 Å². The number of nitrogens with zero attached hydrogens (tertiary/aromatic N) is 4. The molecule has 25 heavy (non-hydrogen) atoms. The molecule has 1 aromatic rings. The van der Waals surface area contributed by atoms with E-state index in [1.165, 1.54) is 6.92 Å². The molecule has 0 bridgehead atoms. The second-order valence-corrected chi connectivity index (χ2v) is 4.33. The maximum Gasteiger partial charge on any atom is 0.341 e. The van der Waals surface area contributed by atoms with Crippen molar-refractivity contribution in [2.45, 2.75) is 19.3 Å². The van der Waals surface area contributed by atoms with Gasteiger partial charge in [-0.2, -0.15) is 0 Å². The van der Waals surface area contributed by atoms with Gasteiger partial charge >= 0.3 is 6.23 Å². The first-order valence-corrected chi connectivity index (χ1v) is 6.12. The van der Waals surface area contributed by atoms with E-state index in [0.717, 1.165) is 0 Å². The van der Waals surface area contributed by atoms with Gasteiger partial charge in [0.1, 0.15) is 5.56 Å². The fourth-order valence-electron chi connectivity index (χ4n) is 1.39. The van der Waals surface area contributed by atoms with Gasteiger partial charge in [-0.25, -0.2) is 0 Å². The van der Waals surface area contributed by atoms with Crippen LogP contribution >= 0.6 is 0 Å². The number of hydrogen-bond donors (Lipinski definition) is 3.